The summed E-state index contributed by atoms with van der Waals surface area (Å²) in [7, 11) is 0. The average molecular weight is 331 g/mol. The monoisotopic (exact) mass is 331 g/mol. The minimum absolute atomic E-state index is 0.0492. The van der Waals surface area contributed by atoms with Crippen molar-refractivity contribution in [1.82, 2.24) is 4.98 Å². The third-order valence-electron chi connectivity index (χ3n) is 3.59. The lowest BCUT2D eigenvalue weighted by molar-refractivity contribution is 0.101. The largest absolute Gasteiger partial charge is 0.354 e. The van der Waals surface area contributed by atoms with E-state index in [4.69, 9.17) is 0 Å². The van der Waals surface area contributed by atoms with E-state index in [0.717, 1.165) is 11.4 Å². The third-order valence-corrected chi connectivity index (χ3v) is 3.59. The van der Waals surface area contributed by atoms with Crippen molar-refractivity contribution in [3.63, 3.8) is 0 Å². The number of carbonyl (C=O) groups excluding carboxylic acids is 2. The standard InChI is InChI=1S/C20H17N3O2/c1-14(24)15-6-5-9-18(10-15)23-20(25)16-11-19(13-21-12-16)22-17-7-3-2-4-8-17/h2-13,22H,1H3,(H,23,25). The number of pyridine rings is 1. The van der Waals surface area contributed by atoms with Crippen LogP contribution in [0.3, 0.4) is 0 Å². The van der Waals surface area contributed by atoms with Gasteiger partial charge in [-0.1, -0.05) is 30.3 Å². The van der Waals surface area contributed by atoms with Gasteiger partial charge in [0.25, 0.3) is 5.91 Å². The van der Waals surface area contributed by atoms with Crippen LogP contribution in [0.4, 0.5) is 17.1 Å². The molecule has 0 aliphatic rings. The Morgan fingerprint density at radius 3 is 2.28 bits per heavy atom. The van der Waals surface area contributed by atoms with Crippen LogP contribution < -0.4 is 10.6 Å². The summed E-state index contributed by atoms with van der Waals surface area (Å²) < 4.78 is 0. The lowest BCUT2D eigenvalue weighted by atomic mass is 10.1. The van der Waals surface area contributed by atoms with E-state index in [1.807, 2.05) is 30.3 Å². The van der Waals surface area contributed by atoms with Gasteiger partial charge in [-0.25, -0.2) is 0 Å². The average Bonchev–Trinajstić information content (AvgIpc) is 2.63. The number of hydrogen-bond donors (Lipinski definition) is 2. The fourth-order valence-electron chi connectivity index (χ4n) is 2.34. The maximum Gasteiger partial charge on any atom is 0.257 e. The molecule has 1 amide bonds. The summed E-state index contributed by atoms with van der Waals surface area (Å²) in [4.78, 5) is 28.0. The van der Waals surface area contributed by atoms with Gasteiger partial charge < -0.3 is 10.6 Å². The molecule has 0 unspecified atom stereocenters. The molecule has 0 spiro atoms. The number of para-hydroxylation sites is 1. The number of rotatable bonds is 5. The van der Waals surface area contributed by atoms with Crippen LogP contribution in [0.15, 0.2) is 73.1 Å². The molecule has 0 atom stereocenters. The summed E-state index contributed by atoms with van der Waals surface area (Å²) in [6.07, 6.45) is 3.15. The van der Waals surface area contributed by atoms with Crippen LogP contribution in [0, 0.1) is 0 Å². The van der Waals surface area contributed by atoms with Crippen molar-refractivity contribution in [3.8, 4) is 0 Å². The Bertz CT molecular complexity index is 908. The molecule has 2 N–H and O–H groups in total. The van der Waals surface area contributed by atoms with E-state index >= 15 is 0 Å². The molecule has 5 heteroatoms. The van der Waals surface area contributed by atoms with Gasteiger partial charge in [0.15, 0.2) is 5.78 Å². The molecule has 0 bridgehead atoms. The first-order valence-electron chi connectivity index (χ1n) is 7.81. The topological polar surface area (TPSA) is 71.1 Å². The molecule has 0 fully saturated rings. The predicted octanol–water partition coefficient (Wildman–Crippen LogP) is 4.28. The van der Waals surface area contributed by atoms with E-state index in [-0.39, 0.29) is 11.7 Å². The zero-order valence-corrected chi connectivity index (χ0v) is 13.7. The van der Waals surface area contributed by atoms with E-state index in [9.17, 15) is 9.59 Å². The molecule has 3 aromatic rings. The first-order chi connectivity index (χ1) is 12.1. The number of nitrogens with one attached hydrogen (secondary N) is 2. The second-order valence-electron chi connectivity index (χ2n) is 5.54. The molecule has 0 aliphatic carbocycles. The molecule has 0 radical (unpaired) electrons. The van der Waals surface area contributed by atoms with Crippen molar-refractivity contribution >= 4 is 28.8 Å². The molecule has 5 nitrogen and oxygen atoms in total. The second kappa shape index (κ2) is 7.40. The Morgan fingerprint density at radius 2 is 1.52 bits per heavy atom. The molecular weight excluding hydrogens is 314 g/mol. The molecule has 124 valence electrons. The maximum atomic E-state index is 12.4. The van der Waals surface area contributed by atoms with Gasteiger partial charge in [-0.3, -0.25) is 14.6 Å². The number of benzene rings is 2. The zero-order valence-electron chi connectivity index (χ0n) is 13.7. The highest BCUT2D eigenvalue weighted by Crippen LogP contribution is 2.17. The Kier molecular flexibility index (Phi) is 4.85. The summed E-state index contributed by atoms with van der Waals surface area (Å²) in [6, 6.07) is 18.2. The maximum absolute atomic E-state index is 12.4. The van der Waals surface area contributed by atoms with Crippen molar-refractivity contribution in [2.45, 2.75) is 6.92 Å². The summed E-state index contributed by atoms with van der Waals surface area (Å²) >= 11 is 0. The summed E-state index contributed by atoms with van der Waals surface area (Å²) in [5.41, 5.74) is 3.18. The van der Waals surface area contributed by atoms with Crippen LogP contribution in [-0.4, -0.2) is 16.7 Å². The van der Waals surface area contributed by atoms with Gasteiger partial charge in [-0.2, -0.15) is 0 Å². The van der Waals surface area contributed by atoms with Crippen molar-refractivity contribution < 1.29 is 9.59 Å². The highest BCUT2D eigenvalue weighted by Gasteiger charge is 2.09. The summed E-state index contributed by atoms with van der Waals surface area (Å²) in [5.74, 6) is -0.336. The molecule has 3 rings (SSSR count). The molecule has 0 saturated heterocycles. The molecular formula is C20H17N3O2. The van der Waals surface area contributed by atoms with E-state index in [1.165, 1.54) is 13.1 Å². The lowest BCUT2D eigenvalue weighted by Crippen LogP contribution is -2.13. The van der Waals surface area contributed by atoms with Gasteiger partial charge >= 0.3 is 0 Å². The zero-order chi connectivity index (χ0) is 17.6. The molecule has 0 aliphatic heterocycles. The number of aromatic nitrogens is 1. The van der Waals surface area contributed by atoms with E-state index in [0.29, 0.717) is 16.8 Å². The summed E-state index contributed by atoms with van der Waals surface area (Å²) in [5, 5.41) is 5.99. The first-order valence-corrected chi connectivity index (χ1v) is 7.81. The smallest absolute Gasteiger partial charge is 0.257 e. The van der Waals surface area contributed by atoms with E-state index < -0.39 is 0 Å². The van der Waals surface area contributed by atoms with Gasteiger partial charge in [-0.05, 0) is 37.3 Å². The Hall–Kier alpha value is -3.47. The lowest BCUT2D eigenvalue weighted by Gasteiger charge is -2.09. The van der Waals surface area contributed by atoms with Crippen LogP contribution in [0.25, 0.3) is 0 Å². The molecule has 2 aromatic carbocycles. The molecule has 25 heavy (non-hydrogen) atoms. The molecule has 1 aromatic heterocycles. The van der Waals surface area contributed by atoms with Gasteiger partial charge in [-0.15, -0.1) is 0 Å². The third kappa shape index (κ3) is 4.29. The second-order valence-corrected chi connectivity index (χ2v) is 5.54. The van der Waals surface area contributed by atoms with Crippen LogP contribution in [-0.2, 0) is 0 Å². The number of amides is 1. The fraction of sp³-hybridized carbons (Fsp3) is 0.0500. The summed E-state index contributed by atoms with van der Waals surface area (Å²) in [6.45, 7) is 1.49. The van der Waals surface area contributed by atoms with Crippen LogP contribution in [0.5, 0.6) is 0 Å². The number of anilines is 3. The first kappa shape index (κ1) is 16.4. The van der Waals surface area contributed by atoms with Crippen LogP contribution in [0.2, 0.25) is 0 Å². The number of carbonyl (C=O) groups is 2. The highest BCUT2D eigenvalue weighted by molar-refractivity contribution is 6.05. The highest BCUT2D eigenvalue weighted by atomic mass is 16.1. The van der Waals surface area contributed by atoms with Gasteiger partial charge in [0.1, 0.15) is 0 Å². The van der Waals surface area contributed by atoms with Crippen LogP contribution in [0.1, 0.15) is 27.6 Å². The number of Topliss-reactive ketones (excluding diaryl/α,β-unsaturated/α-hetero) is 1. The fourth-order valence-corrected chi connectivity index (χ4v) is 2.34. The van der Waals surface area contributed by atoms with Crippen molar-refractivity contribution in [3.05, 3.63) is 84.2 Å². The van der Waals surface area contributed by atoms with Gasteiger partial charge in [0.2, 0.25) is 0 Å². The normalized spacial score (nSPS) is 10.1. The quantitative estimate of drug-likeness (QED) is 0.685. The van der Waals surface area contributed by atoms with Crippen molar-refractivity contribution in [2.24, 2.45) is 0 Å². The van der Waals surface area contributed by atoms with Gasteiger partial charge in [0, 0.05) is 23.1 Å². The Labute approximate surface area is 145 Å². The number of ketones is 1. The van der Waals surface area contributed by atoms with E-state index in [1.54, 1.807) is 36.5 Å². The van der Waals surface area contributed by atoms with Gasteiger partial charge in [0.05, 0.1) is 17.4 Å². The van der Waals surface area contributed by atoms with Crippen molar-refractivity contribution in [2.75, 3.05) is 10.6 Å². The Balaban J connectivity index is 1.75. The van der Waals surface area contributed by atoms with Crippen LogP contribution >= 0.6 is 0 Å². The SMILES string of the molecule is CC(=O)c1cccc(NC(=O)c2cncc(Nc3ccccc3)c2)c1. The van der Waals surface area contributed by atoms with Crippen molar-refractivity contribution in [1.29, 1.82) is 0 Å². The molecule has 0 saturated carbocycles. The van der Waals surface area contributed by atoms with E-state index in [2.05, 4.69) is 15.6 Å². The Morgan fingerprint density at radius 1 is 0.800 bits per heavy atom. The molecule has 1 heterocycles. The predicted molar refractivity (Wildman–Crippen MR) is 98.4 cm³/mol. The number of hydrogen-bond acceptors (Lipinski definition) is 4. The number of nitrogens with zero attached hydrogens (tertiary/aromatic N) is 1. The minimum atomic E-state index is -0.287. The minimum Gasteiger partial charge on any atom is -0.354 e.